The van der Waals surface area contributed by atoms with Crippen molar-refractivity contribution in [1.82, 2.24) is 0 Å². The van der Waals surface area contributed by atoms with Crippen LogP contribution in [0, 0.1) is 3.57 Å². The molecule has 0 saturated carbocycles. The Bertz CT molecular complexity index is 1740. The molecule has 0 unspecified atom stereocenters. The quantitative estimate of drug-likeness (QED) is 0.116. The maximum atomic E-state index is 13.7. The van der Waals surface area contributed by atoms with Crippen LogP contribution < -0.4 is 24.6 Å². The largest absolute Gasteiger partial charge is 0.493 e. The summed E-state index contributed by atoms with van der Waals surface area (Å²) in [5.41, 5.74) is 1.29. The van der Waals surface area contributed by atoms with Gasteiger partial charge in [-0.1, -0.05) is 59.6 Å². The topological polar surface area (TPSA) is 105 Å². The van der Waals surface area contributed by atoms with Gasteiger partial charge < -0.3 is 14.8 Å². The van der Waals surface area contributed by atoms with Crippen molar-refractivity contribution in [3.8, 4) is 11.5 Å². The van der Waals surface area contributed by atoms with Gasteiger partial charge in [0, 0.05) is 5.69 Å². The zero-order valence-corrected chi connectivity index (χ0v) is 26.6. The van der Waals surface area contributed by atoms with Crippen LogP contribution in [0.2, 0.25) is 10.0 Å². The van der Waals surface area contributed by atoms with Gasteiger partial charge in [-0.3, -0.25) is 14.4 Å². The number of anilines is 3. The zero-order chi connectivity index (χ0) is 31.4. The predicted octanol–water partition coefficient (Wildman–Crippen LogP) is 7.21. The van der Waals surface area contributed by atoms with E-state index in [0.29, 0.717) is 36.2 Å². The van der Waals surface area contributed by atoms with E-state index in [9.17, 15) is 19.2 Å². The first-order valence-electron chi connectivity index (χ1n) is 13.0. The number of methoxy groups -OCH3 is 1. The summed E-state index contributed by atoms with van der Waals surface area (Å²) in [5, 5.41) is 3.34. The summed E-state index contributed by atoms with van der Waals surface area (Å²) in [5.74, 6) is -1.44. The van der Waals surface area contributed by atoms with Gasteiger partial charge in [0.15, 0.2) is 18.1 Å². The van der Waals surface area contributed by atoms with Gasteiger partial charge in [0.1, 0.15) is 5.57 Å². The highest BCUT2D eigenvalue weighted by atomic mass is 127. The number of imide groups is 2. The molecule has 1 N–H and O–H groups in total. The lowest BCUT2D eigenvalue weighted by atomic mass is 10.0. The predicted molar refractivity (Wildman–Crippen MR) is 178 cm³/mol. The lowest BCUT2D eigenvalue weighted by Gasteiger charge is -2.34. The Morgan fingerprint density at radius 1 is 0.841 bits per heavy atom. The first kappa shape index (κ1) is 31.0. The molecular formula is C32H22Cl2IN3O6. The van der Waals surface area contributed by atoms with Crippen molar-refractivity contribution < 1.29 is 28.7 Å². The van der Waals surface area contributed by atoms with Gasteiger partial charge in [0.2, 0.25) is 0 Å². The fraction of sp³-hybridized carbons (Fsp3) is 0.0625. The molecule has 4 aromatic carbocycles. The van der Waals surface area contributed by atoms with Gasteiger partial charge in [-0.15, -0.1) is 0 Å². The molecule has 1 fully saturated rings. The summed E-state index contributed by atoms with van der Waals surface area (Å²) in [4.78, 5) is 55.3. The van der Waals surface area contributed by atoms with Crippen molar-refractivity contribution in [3.63, 3.8) is 0 Å². The third-order valence-corrected chi connectivity index (χ3v) is 7.93. The number of halogens is 3. The van der Waals surface area contributed by atoms with E-state index < -0.39 is 23.8 Å². The van der Waals surface area contributed by atoms with E-state index in [0.717, 1.165) is 9.80 Å². The van der Waals surface area contributed by atoms with Crippen LogP contribution in [-0.2, 0) is 14.4 Å². The third-order valence-electron chi connectivity index (χ3n) is 6.39. The van der Waals surface area contributed by atoms with Gasteiger partial charge in [0.25, 0.3) is 17.7 Å². The molecule has 0 radical (unpaired) electrons. The molecule has 222 valence electrons. The van der Waals surface area contributed by atoms with Gasteiger partial charge in [-0.05, 0) is 88.8 Å². The van der Waals surface area contributed by atoms with Crippen LogP contribution in [-0.4, -0.2) is 37.5 Å². The molecule has 4 aromatic rings. The second-order valence-electron chi connectivity index (χ2n) is 9.29. The minimum absolute atomic E-state index is 0.232. The van der Waals surface area contributed by atoms with Crippen molar-refractivity contribution in [1.29, 1.82) is 0 Å². The lowest BCUT2D eigenvalue weighted by molar-refractivity contribution is -0.121. The summed E-state index contributed by atoms with van der Waals surface area (Å²) < 4.78 is 11.8. The SMILES string of the molecule is COc1cc(C=C2C(=O)N(c3ccccc3)C(=O)N(c3ccccc3)C2=O)cc(I)c1OCC(=O)Nc1ccc(Cl)c(Cl)c1. The van der Waals surface area contributed by atoms with Crippen molar-refractivity contribution >= 4 is 92.7 Å². The normalized spacial score (nSPS) is 13.2. The molecule has 0 aromatic heterocycles. The fourth-order valence-electron chi connectivity index (χ4n) is 4.38. The fourth-order valence-corrected chi connectivity index (χ4v) is 5.46. The molecule has 0 atom stereocenters. The number of para-hydroxylation sites is 2. The number of hydrogen-bond donors (Lipinski definition) is 1. The van der Waals surface area contributed by atoms with E-state index in [1.807, 2.05) is 22.6 Å². The standard InChI is InChI=1S/C32H22Cl2IN3O6/c1-43-27-16-19(15-26(35)29(27)44-18-28(39)36-20-12-13-24(33)25(34)17-20)14-23-30(40)37(21-8-4-2-5-9-21)32(42)38(31(23)41)22-10-6-3-7-11-22/h2-17H,18H2,1H3,(H,36,39). The Labute approximate surface area is 276 Å². The zero-order valence-electron chi connectivity index (χ0n) is 22.9. The Balaban J connectivity index is 1.45. The minimum atomic E-state index is -0.787. The van der Waals surface area contributed by atoms with Crippen LogP contribution in [0.15, 0.2) is 96.6 Å². The molecule has 1 aliphatic heterocycles. The summed E-state index contributed by atoms with van der Waals surface area (Å²) >= 11 is 14.0. The van der Waals surface area contributed by atoms with Gasteiger partial charge in [-0.25, -0.2) is 14.6 Å². The minimum Gasteiger partial charge on any atom is -0.493 e. The first-order chi connectivity index (χ1) is 21.2. The first-order valence-corrected chi connectivity index (χ1v) is 14.8. The van der Waals surface area contributed by atoms with Crippen molar-refractivity contribution in [3.05, 3.63) is 116 Å². The van der Waals surface area contributed by atoms with Gasteiger partial charge in [0.05, 0.1) is 32.1 Å². The molecule has 1 saturated heterocycles. The lowest BCUT2D eigenvalue weighted by Crippen LogP contribution is -2.57. The van der Waals surface area contributed by atoms with Crippen LogP contribution in [0.3, 0.4) is 0 Å². The number of carbonyl (C=O) groups is 4. The summed E-state index contributed by atoms with van der Waals surface area (Å²) in [6.07, 6.45) is 1.40. The molecule has 9 nitrogen and oxygen atoms in total. The van der Waals surface area contributed by atoms with Crippen LogP contribution in [0.1, 0.15) is 5.56 Å². The third kappa shape index (κ3) is 6.57. The van der Waals surface area contributed by atoms with E-state index in [1.54, 1.807) is 84.9 Å². The van der Waals surface area contributed by atoms with E-state index in [4.69, 9.17) is 32.7 Å². The summed E-state index contributed by atoms with van der Waals surface area (Å²) in [6, 6.07) is 23.9. The monoisotopic (exact) mass is 741 g/mol. The van der Waals surface area contributed by atoms with E-state index in [2.05, 4.69) is 5.32 Å². The van der Waals surface area contributed by atoms with Crippen molar-refractivity contribution in [2.24, 2.45) is 0 Å². The Morgan fingerprint density at radius 2 is 1.43 bits per heavy atom. The molecule has 0 spiro atoms. The molecule has 0 bridgehead atoms. The number of carbonyl (C=O) groups excluding carboxylic acids is 4. The van der Waals surface area contributed by atoms with Gasteiger partial charge >= 0.3 is 6.03 Å². The van der Waals surface area contributed by atoms with Crippen LogP contribution in [0.25, 0.3) is 6.08 Å². The van der Waals surface area contributed by atoms with E-state index >= 15 is 0 Å². The molecular weight excluding hydrogens is 720 g/mol. The number of nitrogens with zero attached hydrogens (tertiary/aromatic N) is 2. The summed E-state index contributed by atoms with van der Waals surface area (Å²) in [7, 11) is 1.43. The van der Waals surface area contributed by atoms with Crippen LogP contribution >= 0.6 is 45.8 Å². The van der Waals surface area contributed by atoms with E-state index in [-0.39, 0.29) is 23.7 Å². The molecule has 5 rings (SSSR count). The molecule has 1 aliphatic rings. The average molecular weight is 742 g/mol. The maximum Gasteiger partial charge on any atom is 0.343 e. The number of amides is 5. The Kier molecular flexibility index (Phi) is 9.52. The van der Waals surface area contributed by atoms with Crippen molar-refractivity contribution in [2.45, 2.75) is 0 Å². The molecule has 5 amide bonds. The van der Waals surface area contributed by atoms with Crippen LogP contribution in [0.4, 0.5) is 21.9 Å². The number of urea groups is 1. The Morgan fingerprint density at radius 3 is 1.98 bits per heavy atom. The number of benzene rings is 4. The average Bonchev–Trinajstić information content (AvgIpc) is 3.01. The second kappa shape index (κ2) is 13.5. The number of rotatable bonds is 8. The van der Waals surface area contributed by atoms with Gasteiger partial charge in [-0.2, -0.15) is 0 Å². The second-order valence-corrected chi connectivity index (χ2v) is 11.3. The maximum absolute atomic E-state index is 13.7. The molecule has 1 heterocycles. The number of barbiturate groups is 1. The highest BCUT2D eigenvalue weighted by Gasteiger charge is 2.43. The molecule has 44 heavy (non-hydrogen) atoms. The Hall–Kier alpha value is -4.39. The highest BCUT2D eigenvalue weighted by Crippen LogP contribution is 2.36. The van der Waals surface area contributed by atoms with E-state index in [1.165, 1.54) is 19.3 Å². The smallest absolute Gasteiger partial charge is 0.343 e. The van der Waals surface area contributed by atoms with Crippen LogP contribution in [0.5, 0.6) is 11.5 Å². The number of ether oxygens (including phenoxy) is 2. The highest BCUT2D eigenvalue weighted by molar-refractivity contribution is 14.1. The molecule has 12 heteroatoms. The molecule has 0 aliphatic carbocycles. The summed E-state index contributed by atoms with van der Waals surface area (Å²) in [6.45, 7) is -0.343. The number of nitrogens with one attached hydrogen (secondary N) is 1. The van der Waals surface area contributed by atoms with Crippen molar-refractivity contribution in [2.75, 3.05) is 28.8 Å². The number of hydrogen-bond acceptors (Lipinski definition) is 6.